The molecule has 0 bridgehead atoms. The lowest BCUT2D eigenvalue weighted by Crippen LogP contribution is -2.48. The van der Waals surface area contributed by atoms with Crippen molar-refractivity contribution in [2.24, 2.45) is 0 Å². The van der Waals surface area contributed by atoms with E-state index in [4.69, 9.17) is 0 Å². The quantitative estimate of drug-likeness (QED) is 0.223. The van der Waals surface area contributed by atoms with Crippen molar-refractivity contribution in [3.8, 4) is 0 Å². The van der Waals surface area contributed by atoms with Crippen LogP contribution in [0.4, 0.5) is 17.1 Å². The largest absolute Gasteiger partial charge is 0.368 e. The summed E-state index contributed by atoms with van der Waals surface area (Å²) in [6, 6.07) is 24.6. The molecule has 0 aromatic heterocycles. The Morgan fingerprint density at radius 1 is 0.884 bits per heavy atom. The lowest BCUT2D eigenvalue weighted by Gasteiger charge is -2.36. The Balaban J connectivity index is 1.30. The fourth-order valence-electron chi connectivity index (χ4n) is 5.63. The zero-order chi connectivity index (χ0) is 30.2. The Morgan fingerprint density at radius 2 is 1.60 bits per heavy atom. The van der Waals surface area contributed by atoms with Gasteiger partial charge in [-0.1, -0.05) is 35.9 Å². The van der Waals surface area contributed by atoms with E-state index in [0.29, 0.717) is 52.8 Å². The molecule has 0 aliphatic carbocycles. The third-order valence-corrected chi connectivity index (χ3v) is 9.58. The molecule has 1 atom stereocenters. The van der Waals surface area contributed by atoms with Crippen molar-refractivity contribution < 1.29 is 18.7 Å². The molecule has 4 aromatic rings. The van der Waals surface area contributed by atoms with Crippen LogP contribution in [-0.2, 0) is 17.3 Å². The average molecular weight is 595 g/mol. The Morgan fingerprint density at radius 3 is 2.33 bits per heavy atom. The molecule has 2 heterocycles. The van der Waals surface area contributed by atoms with Gasteiger partial charge in [0.05, 0.1) is 43.3 Å². The molecule has 6 rings (SSSR count). The van der Waals surface area contributed by atoms with Crippen molar-refractivity contribution in [3.05, 3.63) is 123 Å². The minimum absolute atomic E-state index is 0.0369. The number of piperazine rings is 1. The molecule has 10 heteroatoms. The fraction of sp³-hybridized carbons (Fsp3) is 0.212. The number of non-ortho nitro benzene ring substituents is 1. The number of hydrogen-bond donors (Lipinski definition) is 0. The zero-order valence-corrected chi connectivity index (χ0v) is 24.7. The van der Waals surface area contributed by atoms with Crippen LogP contribution >= 0.6 is 0 Å². The van der Waals surface area contributed by atoms with Crippen LogP contribution in [0.25, 0.3) is 0 Å². The number of amides is 2. The highest BCUT2D eigenvalue weighted by molar-refractivity contribution is 7.85. The van der Waals surface area contributed by atoms with Gasteiger partial charge in [0, 0.05) is 49.6 Å². The summed E-state index contributed by atoms with van der Waals surface area (Å²) in [5, 5.41) is 11.0. The summed E-state index contributed by atoms with van der Waals surface area (Å²) in [5.74, 6) is -0.428. The van der Waals surface area contributed by atoms with Crippen molar-refractivity contribution >= 4 is 39.7 Å². The van der Waals surface area contributed by atoms with Crippen LogP contribution < -0.4 is 9.80 Å². The molecule has 218 valence electrons. The van der Waals surface area contributed by atoms with Gasteiger partial charge in [0.15, 0.2) is 0 Å². The zero-order valence-electron chi connectivity index (χ0n) is 23.9. The third-order valence-electron chi connectivity index (χ3n) is 8.08. The molecule has 0 spiro atoms. The molecule has 2 aliphatic heterocycles. The lowest BCUT2D eigenvalue weighted by molar-refractivity contribution is -0.384. The number of nitrogens with zero attached hydrogens (tertiary/aromatic N) is 4. The van der Waals surface area contributed by atoms with Crippen LogP contribution in [0.5, 0.6) is 0 Å². The second kappa shape index (κ2) is 11.4. The Labute approximate surface area is 252 Å². The molecule has 1 unspecified atom stereocenters. The second-order valence-electron chi connectivity index (χ2n) is 10.8. The number of nitro groups is 1. The molecule has 0 saturated carbocycles. The molecule has 1 saturated heterocycles. The van der Waals surface area contributed by atoms with Gasteiger partial charge in [-0.05, 0) is 67.4 Å². The predicted molar refractivity (Wildman–Crippen MR) is 165 cm³/mol. The number of anilines is 2. The van der Waals surface area contributed by atoms with Crippen LogP contribution in [0, 0.1) is 24.0 Å². The van der Waals surface area contributed by atoms with Crippen molar-refractivity contribution in [1.82, 2.24) is 4.90 Å². The van der Waals surface area contributed by atoms with Gasteiger partial charge in [0.1, 0.15) is 0 Å². The van der Waals surface area contributed by atoms with Gasteiger partial charge in [0.25, 0.3) is 17.5 Å². The smallest absolute Gasteiger partial charge is 0.269 e. The first kappa shape index (κ1) is 28.3. The van der Waals surface area contributed by atoms with E-state index >= 15 is 0 Å². The first-order valence-corrected chi connectivity index (χ1v) is 15.2. The van der Waals surface area contributed by atoms with Gasteiger partial charge in [-0.3, -0.25) is 19.7 Å². The number of fused-ring (bicyclic) bond motifs is 2. The molecule has 4 aromatic carbocycles. The molecule has 2 aliphatic rings. The molecule has 43 heavy (non-hydrogen) atoms. The average Bonchev–Trinajstić information content (AvgIpc) is 3.11. The van der Waals surface area contributed by atoms with Gasteiger partial charge in [-0.25, -0.2) is 4.21 Å². The number of hydrogen-bond acceptors (Lipinski definition) is 6. The summed E-state index contributed by atoms with van der Waals surface area (Å²) in [4.78, 5) is 44.8. The predicted octanol–water partition coefficient (Wildman–Crippen LogP) is 5.50. The Kier molecular flexibility index (Phi) is 7.53. The summed E-state index contributed by atoms with van der Waals surface area (Å²) in [6.07, 6.45) is 0. The van der Waals surface area contributed by atoms with Crippen LogP contribution in [0.2, 0.25) is 0 Å². The molecule has 9 nitrogen and oxygen atoms in total. The highest BCUT2D eigenvalue weighted by Gasteiger charge is 2.32. The van der Waals surface area contributed by atoms with E-state index in [2.05, 4.69) is 11.0 Å². The monoisotopic (exact) mass is 594 g/mol. The molecule has 1 fully saturated rings. The van der Waals surface area contributed by atoms with E-state index in [1.165, 1.54) is 12.1 Å². The van der Waals surface area contributed by atoms with Gasteiger partial charge in [0.2, 0.25) is 0 Å². The van der Waals surface area contributed by atoms with E-state index in [0.717, 1.165) is 22.4 Å². The lowest BCUT2D eigenvalue weighted by atomic mass is 10.0. The Bertz CT molecular complexity index is 1780. The van der Waals surface area contributed by atoms with Crippen LogP contribution in [-0.4, -0.2) is 52.0 Å². The maximum Gasteiger partial charge on any atom is 0.269 e. The highest BCUT2D eigenvalue weighted by Crippen LogP contribution is 2.37. The first-order chi connectivity index (χ1) is 20.7. The molecular weight excluding hydrogens is 564 g/mol. The van der Waals surface area contributed by atoms with Gasteiger partial charge in [-0.15, -0.1) is 0 Å². The third kappa shape index (κ3) is 5.41. The minimum atomic E-state index is -1.61. The number of aryl methyl sites for hydroxylation is 2. The number of carbonyl (C=O) groups is 2. The molecule has 0 N–H and O–H groups in total. The maximum atomic E-state index is 14.0. The van der Waals surface area contributed by atoms with E-state index in [-0.39, 0.29) is 24.0 Å². The fourth-order valence-corrected chi connectivity index (χ4v) is 6.97. The van der Waals surface area contributed by atoms with Gasteiger partial charge < -0.3 is 14.7 Å². The molecule has 2 amide bonds. The topological polar surface area (TPSA) is 104 Å². The van der Waals surface area contributed by atoms with E-state index in [9.17, 15) is 23.9 Å². The van der Waals surface area contributed by atoms with Crippen LogP contribution in [0.1, 0.15) is 37.4 Å². The summed E-state index contributed by atoms with van der Waals surface area (Å²) < 4.78 is 13.8. The number of benzene rings is 4. The number of carbonyl (C=O) groups excluding carboxylic acids is 2. The van der Waals surface area contributed by atoms with Crippen molar-refractivity contribution in [2.45, 2.75) is 30.2 Å². The van der Waals surface area contributed by atoms with E-state index < -0.39 is 15.7 Å². The molecule has 0 radical (unpaired) electrons. The van der Waals surface area contributed by atoms with E-state index in [1.54, 1.807) is 64.4 Å². The Hall–Kier alpha value is -4.83. The van der Waals surface area contributed by atoms with Crippen molar-refractivity contribution in [2.75, 3.05) is 36.0 Å². The highest BCUT2D eigenvalue weighted by atomic mass is 32.2. The maximum absolute atomic E-state index is 14.0. The SMILES string of the molecule is Cc1ccc(C)c(CN2C(=O)c3ccccc3S(=O)c3ccc(C(=O)N4CCN(c5ccc([N+](=O)[O-])cc5)CC4)cc32)c1. The second-order valence-corrected chi connectivity index (χ2v) is 12.2. The number of rotatable bonds is 5. The summed E-state index contributed by atoms with van der Waals surface area (Å²) in [6.45, 7) is 6.36. The van der Waals surface area contributed by atoms with E-state index in [1.807, 2.05) is 26.0 Å². The summed E-state index contributed by atoms with van der Waals surface area (Å²) >= 11 is 0. The van der Waals surface area contributed by atoms with Crippen molar-refractivity contribution in [1.29, 1.82) is 0 Å². The number of nitro benzene ring substituents is 1. The van der Waals surface area contributed by atoms with Crippen molar-refractivity contribution in [3.63, 3.8) is 0 Å². The summed E-state index contributed by atoms with van der Waals surface area (Å²) in [7, 11) is -1.61. The summed E-state index contributed by atoms with van der Waals surface area (Å²) in [5.41, 5.74) is 5.27. The van der Waals surface area contributed by atoms with Crippen LogP contribution in [0.3, 0.4) is 0 Å². The normalized spacial score (nSPS) is 16.4. The van der Waals surface area contributed by atoms with Gasteiger partial charge in [-0.2, -0.15) is 0 Å². The van der Waals surface area contributed by atoms with Crippen LogP contribution in [0.15, 0.2) is 94.7 Å². The minimum Gasteiger partial charge on any atom is -0.368 e. The molecular formula is C33H30N4O5S. The van der Waals surface area contributed by atoms with Gasteiger partial charge >= 0.3 is 0 Å². The standard InChI is InChI=1S/C33H30N4O5S/c1-22-7-8-23(2)25(19-22)21-36-29-20-24(9-14-31(29)43(42)30-6-4-3-5-28(30)33(36)39)32(38)35-17-15-34(16-18-35)26-10-12-27(13-11-26)37(40)41/h3-14,19-20H,15-18,21H2,1-2H3. The first-order valence-electron chi connectivity index (χ1n) is 14.0.